The monoisotopic (exact) mass is 223 g/mol. The normalized spacial score (nSPS) is 17.9. The Labute approximate surface area is 94.6 Å². The molecule has 0 unspecified atom stereocenters. The lowest BCUT2D eigenvalue weighted by molar-refractivity contribution is 0.597. The van der Waals surface area contributed by atoms with Crippen LogP contribution >= 0.6 is 0 Å². The van der Waals surface area contributed by atoms with Crippen molar-refractivity contribution in [2.75, 3.05) is 0 Å². The largest absolute Gasteiger partial charge is 0.261 e. The molecule has 0 fully saturated rings. The molecule has 0 spiro atoms. The predicted octanol–water partition coefficient (Wildman–Crippen LogP) is 4.41. The average molecular weight is 223 g/mol. The van der Waals surface area contributed by atoms with Crippen LogP contribution in [0.25, 0.3) is 0 Å². The standard InChI is InChI=1S/C13H15F2N/c1-4-13(16-5-2)10-7-11(14)6-9(3)12(15)8-10/h5,7-8H,2,4,6H2,1,3H3. The van der Waals surface area contributed by atoms with Crippen LogP contribution in [0.3, 0.4) is 0 Å². The summed E-state index contributed by atoms with van der Waals surface area (Å²) in [5.74, 6) is -0.731. The fraction of sp³-hybridized carbons (Fsp3) is 0.308. The van der Waals surface area contributed by atoms with Crippen LogP contribution in [0.15, 0.2) is 52.7 Å². The predicted molar refractivity (Wildman–Crippen MR) is 63.6 cm³/mol. The van der Waals surface area contributed by atoms with Crippen molar-refractivity contribution in [1.82, 2.24) is 0 Å². The van der Waals surface area contributed by atoms with Crippen LogP contribution in [0.2, 0.25) is 0 Å². The van der Waals surface area contributed by atoms with Crippen LogP contribution in [0.1, 0.15) is 26.7 Å². The van der Waals surface area contributed by atoms with E-state index < -0.39 is 0 Å². The Kier molecular flexibility index (Phi) is 4.35. The Morgan fingerprint density at radius 3 is 2.75 bits per heavy atom. The van der Waals surface area contributed by atoms with Gasteiger partial charge in [-0.1, -0.05) is 13.5 Å². The first-order valence-electron chi connectivity index (χ1n) is 5.19. The van der Waals surface area contributed by atoms with Crippen molar-refractivity contribution in [3.63, 3.8) is 0 Å². The second-order valence-corrected chi connectivity index (χ2v) is 3.61. The number of halogens is 2. The van der Waals surface area contributed by atoms with E-state index in [2.05, 4.69) is 11.6 Å². The number of rotatable bonds is 3. The van der Waals surface area contributed by atoms with Gasteiger partial charge in [0.2, 0.25) is 0 Å². The van der Waals surface area contributed by atoms with E-state index in [0.29, 0.717) is 23.3 Å². The molecular formula is C13H15F2N. The molecule has 0 radical (unpaired) electrons. The molecule has 0 atom stereocenters. The summed E-state index contributed by atoms with van der Waals surface area (Å²) in [5.41, 5.74) is 1.52. The first-order valence-corrected chi connectivity index (χ1v) is 5.19. The molecule has 86 valence electrons. The van der Waals surface area contributed by atoms with Gasteiger partial charge in [0, 0.05) is 23.9 Å². The summed E-state index contributed by atoms with van der Waals surface area (Å²) in [6.07, 6.45) is 4.67. The van der Waals surface area contributed by atoms with Crippen molar-refractivity contribution in [3.05, 3.63) is 47.7 Å². The molecule has 1 aliphatic rings. The van der Waals surface area contributed by atoms with Crippen molar-refractivity contribution in [2.24, 2.45) is 4.99 Å². The van der Waals surface area contributed by atoms with Gasteiger partial charge in [0.1, 0.15) is 11.7 Å². The summed E-state index contributed by atoms with van der Waals surface area (Å²) in [6, 6.07) is 0. The summed E-state index contributed by atoms with van der Waals surface area (Å²) < 4.78 is 26.9. The summed E-state index contributed by atoms with van der Waals surface area (Å²) in [7, 11) is 0. The van der Waals surface area contributed by atoms with Crippen LogP contribution in [-0.2, 0) is 0 Å². The van der Waals surface area contributed by atoms with Gasteiger partial charge < -0.3 is 0 Å². The second kappa shape index (κ2) is 5.54. The summed E-state index contributed by atoms with van der Waals surface area (Å²) in [5, 5.41) is 0. The van der Waals surface area contributed by atoms with Gasteiger partial charge in [0.25, 0.3) is 0 Å². The first kappa shape index (κ1) is 12.6. The van der Waals surface area contributed by atoms with E-state index in [-0.39, 0.29) is 18.1 Å². The van der Waals surface area contributed by atoms with E-state index in [0.717, 1.165) is 0 Å². The van der Waals surface area contributed by atoms with Crippen LogP contribution in [0.5, 0.6) is 0 Å². The Bertz CT molecular complexity index is 412. The molecule has 0 bridgehead atoms. The highest BCUT2D eigenvalue weighted by Gasteiger charge is 2.12. The van der Waals surface area contributed by atoms with Gasteiger partial charge in [0.15, 0.2) is 0 Å². The van der Waals surface area contributed by atoms with E-state index in [4.69, 9.17) is 0 Å². The number of allylic oxidation sites excluding steroid dienone is 6. The van der Waals surface area contributed by atoms with E-state index in [1.807, 2.05) is 6.92 Å². The Morgan fingerprint density at radius 1 is 1.50 bits per heavy atom. The number of hydrogen-bond acceptors (Lipinski definition) is 1. The van der Waals surface area contributed by atoms with Crippen molar-refractivity contribution < 1.29 is 8.78 Å². The maximum absolute atomic E-state index is 13.5. The SMILES string of the molecule is C=CN=C(CC)C1=CC(F)=C(C)CC(F)=C1. The van der Waals surface area contributed by atoms with Crippen LogP contribution in [0.4, 0.5) is 8.78 Å². The Hall–Kier alpha value is -1.51. The molecule has 0 aromatic carbocycles. The molecule has 1 aliphatic carbocycles. The molecule has 0 amide bonds. The highest BCUT2D eigenvalue weighted by molar-refractivity contribution is 6.03. The number of hydrogen-bond donors (Lipinski definition) is 0. The molecule has 0 aliphatic heterocycles. The zero-order valence-electron chi connectivity index (χ0n) is 9.56. The van der Waals surface area contributed by atoms with E-state index in [1.54, 1.807) is 6.92 Å². The molecule has 0 saturated heterocycles. The van der Waals surface area contributed by atoms with Crippen LogP contribution in [-0.4, -0.2) is 5.71 Å². The van der Waals surface area contributed by atoms with E-state index in [9.17, 15) is 8.78 Å². The molecule has 0 aromatic heterocycles. The molecule has 1 rings (SSSR count). The summed E-state index contributed by atoms with van der Waals surface area (Å²) in [6.45, 7) is 6.95. The number of aliphatic imine (C=N–C) groups is 1. The van der Waals surface area contributed by atoms with Crippen molar-refractivity contribution in [2.45, 2.75) is 26.7 Å². The van der Waals surface area contributed by atoms with Crippen LogP contribution < -0.4 is 0 Å². The second-order valence-electron chi connectivity index (χ2n) is 3.61. The van der Waals surface area contributed by atoms with Gasteiger partial charge >= 0.3 is 0 Å². The lowest BCUT2D eigenvalue weighted by Crippen LogP contribution is -1.99. The maximum atomic E-state index is 13.5. The maximum Gasteiger partial charge on any atom is 0.123 e. The molecule has 0 aromatic rings. The third kappa shape index (κ3) is 2.99. The van der Waals surface area contributed by atoms with E-state index in [1.165, 1.54) is 18.4 Å². The number of nitrogens with zero attached hydrogens (tertiary/aromatic N) is 1. The van der Waals surface area contributed by atoms with Crippen molar-refractivity contribution in [3.8, 4) is 0 Å². The molecule has 0 saturated carbocycles. The zero-order chi connectivity index (χ0) is 12.1. The van der Waals surface area contributed by atoms with Gasteiger partial charge in [-0.2, -0.15) is 0 Å². The first-order chi connectivity index (χ1) is 7.58. The summed E-state index contributed by atoms with van der Waals surface area (Å²) in [4.78, 5) is 4.01. The summed E-state index contributed by atoms with van der Waals surface area (Å²) >= 11 is 0. The smallest absolute Gasteiger partial charge is 0.123 e. The zero-order valence-corrected chi connectivity index (χ0v) is 9.56. The minimum absolute atomic E-state index is 0.0247. The van der Waals surface area contributed by atoms with E-state index >= 15 is 0 Å². The topological polar surface area (TPSA) is 12.4 Å². The van der Waals surface area contributed by atoms with Gasteiger partial charge in [0.05, 0.1) is 0 Å². The minimum Gasteiger partial charge on any atom is -0.261 e. The lowest BCUT2D eigenvalue weighted by atomic mass is 10.1. The van der Waals surface area contributed by atoms with Crippen molar-refractivity contribution in [1.29, 1.82) is 0 Å². The molecule has 3 heteroatoms. The molecule has 0 N–H and O–H groups in total. The molecule has 16 heavy (non-hydrogen) atoms. The van der Waals surface area contributed by atoms with Gasteiger partial charge in [-0.25, -0.2) is 8.78 Å². The van der Waals surface area contributed by atoms with Gasteiger partial charge in [-0.3, -0.25) is 4.99 Å². The highest BCUT2D eigenvalue weighted by atomic mass is 19.1. The van der Waals surface area contributed by atoms with Crippen LogP contribution in [0, 0.1) is 0 Å². The lowest BCUT2D eigenvalue weighted by Gasteiger charge is -2.02. The third-order valence-corrected chi connectivity index (χ3v) is 2.35. The third-order valence-electron chi connectivity index (χ3n) is 2.35. The molecule has 0 heterocycles. The van der Waals surface area contributed by atoms with Gasteiger partial charge in [-0.15, -0.1) is 0 Å². The quantitative estimate of drug-likeness (QED) is 0.628. The fourth-order valence-electron chi connectivity index (χ4n) is 1.51. The highest BCUT2D eigenvalue weighted by Crippen LogP contribution is 2.25. The Morgan fingerprint density at radius 2 is 2.19 bits per heavy atom. The molecule has 1 nitrogen and oxygen atoms in total. The molecular weight excluding hydrogens is 208 g/mol. The average Bonchev–Trinajstić information content (AvgIpc) is 2.35. The van der Waals surface area contributed by atoms with Crippen molar-refractivity contribution >= 4 is 5.71 Å². The fourth-order valence-corrected chi connectivity index (χ4v) is 1.51. The minimum atomic E-state index is -0.385. The Balaban J connectivity index is 3.21. The van der Waals surface area contributed by atoms with Gasteiger partial charge in [-0.05, 0) is 31.1 Å².